The maximum Gasteiger partial charge on any atom is 0.166 e. The van der Waals surface area contributed by atoms with E-state index in [1.807, 2.05) is 32.9 Å². The molecule has 1 aromatic carbocycles. The van der Waals surface area contributed by atoms with E-state index in [1.54, 1.807) is 7.11 Å². The number of Topliss-reactive ketones (excluding diaryl/α,β-unsaturated/α-hetero) is 1. The van der Waals surface area contributed by atoms with Crippen molar-refractivity contribution < 1.29 is 9.53 Å². The van der Waals surface area contributed by atoms with E-state index in [0.29, 0.717) is 12.2 Å². The summed E-state index contributed by atoms with van der Waals surface area (Å²) in [7, 11) is 1.59. The number of rotatable bonds is 3. The Kier molecular flexibility index (Phi) is 3.28. The highest BCUT2D eigenvalue weighted by Crippen LogP contribution is 2.25. The van der Waals surface area contributed by atoms with Crippen LogP contribution in [0.5, 0.6) is 5.75 Å². The number of methoxy groups -OCH3 is 1. The van der Waals surface area contributed by atoms with Crippen molar-refractivity contribution in [1.82, 2.24) is 0 Å². The van der Waals surface area contributed by atoms with E-state index in [0.717, 1.165) is 16.7 Å². The molecule has 0 radical (unpaired) electrons. The highest BCUT2D eigenvalue weighted by Gasteiger charge is 2.14. The zero-order valence-corrected chi connectivity index (χ0v) is 9.18. The molecule has 2 heteroatoms. The van der Waals surface area contributed by atoms with Gasteiger partial charge in [-0.15, -0.1) is 0 Å². The lowest BCUT2D eigenvalue weighted by atomic mass is 9.98. The SMILES string of the molecule is CCC(=O)c1c(OC)ccc(C)c1C. The van der Waals surface area contributed by atoms with Crippen molar-refractivity contribution in [3.05, 3.63) is 28.8 Å². The quantitative estimate of drug-likeness (QED) is 0.688. The highest BCUT2D eigenvalue weighted by molar-refractivity contribution is 6.00. The van der Waals surface area contributed by atoms with E-state index < -0.39 is 0 Å². The number of ketones is 1. The van der Waals surface area contributed by atoms with E-state index >= 15 is 0 Å². The van der Waals surface area contributed by atoms with Gasteiger partial charge in [0.15, 0.2) is 5.78 Å². The van der Waals surface area contributed by atoms with Gasteiger partial charge in [-0.25, -0.2) is 0 Å². The molecule has 2 nitrogen and oxygen atoms in total. The average Bonchev–Trinajstić information content (AvgIpc) is 2.20. The largest absolute Gasteiger partial charge is 0.496 e. The number of ether oxygens (including phenoxy) is 1. The molecule has 0 bridgehead atoms. The minimum Gasteiger partial charge on any atom is -0.496 e. The number of carbonyl (C=O) groups is 1. The van der Waals surface area contributed by atoms with Crippen LogP contribution in [-0.2, 0) is 0 Å². The molecule has 0 saturated carbocycles. The number of aryl methyl sites for hydroxylation is 1. The zero-order valence-electron chi connectivity index (χ0n) is 9.18. The summed E-state index contributed by atoms with van der Waals surface area (Å²) >= 11 is 0. The van der Waals surface area contributed by atoms with Crippen molar-refractivity contribution in [2.75, 3.05) is 7.11 Å². The molecule has 0 aliphatic rings. The molecule has 1 rings (SSSR count). The third-order valence-corrected chi connectivity index (χ3v) is 2.52. The maximum absolute atomic E-state index is 11.7. The first-order valence-electron chi connectivity index (χ1n) is 4.79. The Bertz CT molecular complexity index is 354. The number of hydrogen-bond donors (Lipinski definition) is 0. The Hall–Kier alpha value is -1.31. The van der Waals surface area contributed by atoms with Crippen LogP contribution in [-0.4, -0.2) is 12.9 Å². The second kappa shape index (κ2) is 4.27. The lowest BCUT2D eigenvalue weighted by Gasteiger charge is -2.11. The van der Waals surface area contributed by atoms with Crippen LogP contribution < -0.4 is 4.74 Å². The minimum atomic E-state index is 0.142. The van der Waals surface area contributed by atoms with Crippen molar-refractivity contribution in [3.63, 3.8) is 0 Å². The predicted molar refractivity (Wildman–Crippen MR) is 57.1 cm³/mol. The van der Waals surface area contributed by atoms with E-state index in [-0.39, 0.29) is 5.78 Å². The normalized spacial score (nSPS) is 10.0. The molecule has 0 atom stereocenters. The minimum absolute atomic E-state index is 0.142. The Balaban J connectivity index is 3.35. The topological polar surface area (TPSA) is 26.3 Å². The molecule has 1 aromatic rings. The Morgan fingerprint density at radius 3 is 2.50 bits per heavy atom. The number of benzene rings is 1. The fourth-order valence-corrected chi connectivity index (χ4v) is 1.48. The van der Waals surface area contributed by atoms with Gasteiger partial charge in [0.05, 0.1) is 12.7 Å². The van der Waals surface area contributed by atoms with Gasteiger partial charge in [0.2, 0.25) is 0 Å². The number of hydrogen-bond acceptors (Lipinski definition) is 2. The van der Waals surface area contributed by atoms with Crippen LogP contribution in [0, 0.1) is 13.8 Å². The lowest BCUT2D eigenvalue weighted by Crippen LogP contribution is -2.04. The van der Waals surface area contributed by atoms with Crippen LogP contribution in [0.3, 0.4) is 0 Å². The van der Waals surface area contributed by atoms with Gasteiger partial charge < -0.3 is 4.74 Å². The molecule has 0 aromatic heterocycles. The fourth-order valence-electron chi connectivity index (χ4n) is 1.48. The molecule has 76 valence electrons. The molecule has 0 N–H and O–H groups in total. The molecule has 0 amide bonds. The predicted octanol–water partition coefficient (Wildman–Crippen LogP) is 2.90. The molecule has 0 unspecified atom stereocenters. The molecule has 0 aliphatic carbocycles. The summed E-state index contributed by atoms with van der Waals surface area (Å²) in [6.45, 7) is 5.82. The van der Waals surface area contributed by atoms with Crippen LogP contribution in [0.25, 0.3) is 0 Å². The smallest absolute Gasteiger partial charge is 0.166 e. The van der Waals surface area contributed by atoms with Gasteiger partial charge >= 0.3 is 0 Å². The van der Waals surface area contributed by atoms with Crippen molar-refractivity contribution >= 4 is 5.78 Å². The van der Waals surface area contributed by atoms with Crippen molar-refractivity contribution in [2.45, 2.75) is 27.2 Å². The van der Waals surface area contributed by atoms with E-state index in [1.165, 1.54) is 0 Å². The molecule has 0 fully saturated rings. The second-order valence-electron chi connectivity index (χ2n) is 3.36. The van der Waals surface area contributed by atoms with Gasteiger partial charge in [0.1, 0.15) is 5.75 Å². The maximum atomic E-state index is 11.7. The van der Waals surface area contributed by atoms with Gasteiger partial charge in [0, 0.05) is 6.42 Å². The number of carbonyl (C=O) groups excluding carboxylic acids is 1. The van der Waals surface area contributed by atoms with Crippen LogP contribution in [0.2, 0.25) is 0 Å². The van der Waals surface area contributed by atoms with Crippen LogP contribution in [0.1, 0.15) is 34.8 Å². The summed E-state index contributed by atoms with van der Waals surface area (Å²) in [5.74, 6) is 0.822. The van der Waals surface area contributed by atoms with Crippen molar-refractivity contribution in [1.29, 1.82) is 0 Å². The van der Waals surface area contributed by atoms with Gasteiger partial charge in [-0.1, -0.05) is 13.0 Å². The molecule has 14 heavy (non-hydrogen) atoms. The van der Waals surface area contributed by atoms with Gasteiger partial charge in [-0.2, -0.15) is 0 Å². The Labute approximate surface area is 84.9 Å². The molecule has 0 aliphatic heterocycles. The monoisotopic (exact) mass is 192 g/mol. The first-order chi connectivity index (χ1) is 6.61. The first kappa shape index (κ1) is 10.8. The summed E-state index contributed by atoms with van der Waals surface area (Å²) in [6, 6.07) is 3.83. The standard InChI is InChI=1S/C12H16O2/c1-5-10(13)12-9(3)8(2)6-7-11(12)14-4/h6-7H,5H2,1-4H3. The summed E-state index contributed by atoms with van der Waals surface area (Å²) in [5, 5.41) is 0. The summed E-state index contributed by atoms with van der Waals surface area (Å²) in [6.07, 6.45) is 0.515. The summed E-state index contributed by atoms with van der Waals surface area (Å²) in [4.78, 5) is 11.7. The van der Waals surface area contributed by atoms with Crippen molar-refractivity contribution in [3.8, 4) is 5.75 Å². The first-order valence-corrected chi connectivity index (χ1v) is 4.79. The van der Waals surface area contributed by atoms with E-state index in [9.17, 15) is 4.79 Å². The third-order valence-electron chi connectivity index (χ3n) is 2.52. The summed E-state index contributed by atoms with van der Waals surface area (Å²) in [5.41, 5.74) is 2.88. The molecule has 0 heterocycles. The Morgan fingerprint density at radius 1 is 1.36 bits per heavy atom. The van der Waals surface area contributed by atoms with Gasteiger partial charge in [-0.3, -0.25) is 4.79 Å². The highest BCUT2D eigenvalue weighted by atomic mass is 16.5. The van der Waals surface area contributed by atoms with Crippen LogP contribution in [0.15, 0.2) is 12.1 Å². The van der Waals surface area contributed by atoms with Gasteiger partial charge in [-0.05, 0) is 31.0 Å². The molecular weight excluding hydrogens is 176 g/mol. The third kappa shape index (κ3) is 1.79. The zero-order chi connectivity index (χ0) is 10.7. The lowest BCUT2D eigenvalue weighted by molar-refractivity contribution is 0.0984. The average molecular weight is 192 g/mol. The molecular formula is C12H16O2. The van der Waals surface area contributed by atoms with Crippen LogP contribution in [0.4, 0.5) is 0 Å². The fraction of sp³-hybridized carbons (Fsp3) is 0.417. The Morgan fingerprint density at radius 2 is 2.00 bits per heavy atom. The van der Waals surface area contributed by atoms with E-state index in [4.69, 9.17) is 4.74 Å². The van der Waals surface area contributed by atoms with E-state index in [2.05, 4.69) is 0 Å². The molecule has 0 saturated heterocycles. The van der Waals surface area contributed by atoms with Crippen LogP contribution >= 0.6 is 0 Å². The van der Waals surface area contributed by atoms with Crippen molar-refractivity contribution in [2.24, 2.45) is 0 Å². The molecule has 0 spiro atoms. The summed E-state index contributed by atoms with van der Waals surface area (Å²) < 4.78 is 5.18. The second-order valence-corrected chi connectivity index (χ2v) is 3.36. The van der Waals surface area contributed by atoms with Gasteiger partial charge in [0.25, 0.3) is 0 Å².